The van der Waals surface area contributed by atoms with Crippen molar-refractivity contribution >= 4 is 11.6 Å². The summed E-state index contributed by atoms with van der Waals surface area (Å²) in [6.45, 7) is 2.65. The second kappa shape index (κ2) is 5.08. The van der Waals surface area contributed by atoms with E-state index >= 15 is 0 Å². The number of hydrogen-bond donors (Lipinski definition) is 2. The first-order valence-corrected chi connectivity index (χ1v) is 6.97. The van der Waals surface area contributed by atoms with E-state index in [-0.39, 0.29) is 0 Å². The molecule has 3 rings (SSSR count). The van der Waals surface area contributed by atoms with Crippen molar-refractivity contribution in [3.05, 3.63) is 28.3 Å². The zero-order valence-corrected chi connectivity index (χ0v) is 11.0. The number of fused-ring (bicyclic) bond motifs is 1. The Labute approximate surface area is 112 Å². The van der Waals surface area contributed by atoms with E-state index in [4.69, 9.17) is 16.3 Å². The van der Waals surface area contributed by atoms with Gasteiger partial charge in [0.2, 0.25) is 0 Å². The van der Waals surface area contributed by atoms with Crippen LogP contribution < -0.4 is 10.1 Å². The number of ether oxygens (including phenoxy) is 1. The van der Waals surface area contributed by atoms with Gasteiger partial charge in [-0.15, -0.1) is 0 Å². The Morgan fingerprint density at radius 2 is 2.11 bits per heavy atom. The highest BCUT2D eigenvalue weighted by molar-refractivity contribution is 6.30. The van der Waals surface area contributed by atoms with Crippen LogP contribution in [0.15, 0.2) is 12.1 Å². The largest absolute Gasteiger partial charge is 0.493 e. The molecule has 98 valence electrons. The van der Waals surface area contributed by atoms with Crippen LogP contribution in [0.2, 0.25) is 5.02 Å². The number of benzene rings is 1. The van der Waals surface area contributed by atoms with Crippen LogP contribution in [0.1, 0.15) is 30.1 Å². The first kappa shape index (κ1) is 12.3. The topological polar surface area (TPSA) is 41.5 Å². The first-order valence-electron chi connectivity index (χ1n) is 6.59. The minimum atomic E-state index is -0.461. The van der Waals surface area contributed by atoms with Gasteiger partial charge < -0.3 is 15.2 Å². The maximum Gasteiger partial charge on any atom is 0.128 e. The SMILES string of the molecule is OC(c1cc(Cl)cc2c1OCC2)C1CCNCC1. The van der Waals surface area contributed by atoms with Crippen molar-refractivity contribution in [2.24, 2.45) is 5.92 Å². The lowest BCUT2D eigenvalue weighted by atomic mass is 9.87. The number of halogens is 1. The molecule has 1 aromatic carbocycles. The van der Waals surface area contributed by atoms with E-state index in [1.54, 1.807) is 0 Å². The zero-order chi connectivity index (χ0) is 12.5. The van der Waals surface area contributed by atoms with Crippen molar-refractivity contribution in [3.8, 4) is 5.75 Å². The summed E-state index contributed by atoms with van der Waals surface area (Å²) in [5, 5.41) is 14.6. The van der Waals surface area contributed by atoms with E-state index in [9.17, 15) is 5.11 Å². The molecule has 0 aromatic heterocycles. The highest BCUT2D eigenvalue weighted by atomic mass is 35.5. The molecular formula is C14H18ClNO2. The van der Waals surface area contributed by atoms with Crippen LogP contribution >= 0.6 is 11.6 Å². The molecule has 0 bridgehead atoms. The predicted octanol–water partition coefficient (Wildman–Crippen LogP) is 2.31. The van der Waals surface area contributed by atoms with Gasteiger partial charge in [-0.2, -0.15) is 0 Å². The van der Waals surface area contributed by atoms with Crippen LogP contribution in [0.25, 0.3) is 0 Å². The monoisotopic (exact) mass is 267 g/mol. The maximum absolute atomic E-state index is 10.6. The molecule has 2 heterocycles. The predicted molar refractivity (Wildman–Crippen MR) is 71.2 cm³/mol. The molecule has 1 unspecified atom stereocenters. The third kappa shape index (κ3) is 2.22. The molecule has 2 aliphatic rings. The summed E-state index contributed by atoms with van der Waals surface area (Å²) in [6, 6.07) is 3.81. The zero-order valence-electron chi connectivity index (χ0n) is 10.3. The summed E-state index contributed by atoms with van der Waals surface area (Å²) in [6.07, 6.45) is 2.44. The van der Waals surface area contributed by atoms with Gasteiger partial charge in [-0.1, -0.05) is 11.6 Å². The Balaban J connectivity index is 1.91. The normalized spacial score (nSPS) is 21.4. The van der Waals surface area contributed by atoms with E-state index in [1.165, 1.54) is 0 Å². The van der Waals surface area contributed by atoms with Crippen molar-refractivity contribution in [2.75, 3.05) is 19.7 Å². The van der Waals surface area contributed by atoms with Gasteiger partial charge in [0.15, 0.2) is 0 Å². The van der Waals surface area contributed by atoms with Gasteiger partial charge in [0.05, 0.1) is 12.7 Å². The molecule has 0 saturated carbocycles. The molecule has 2 aliphatic heterocycles. The highest BCUT2D eigenvalue weighted by Crippen LogP contribution is 2.40. The van der Waals surface area contributed by atoms with Gasteiger partial charge >= 0.3 is 0 Å². The van der Waals surface area contributed by atoms with Crippen LogP contribution in [0.4, 0.5) is 0 Å². The molecule has 4 heteroatoms. The highest BCUT2D eigenvalue weighted by Gasteiger charge is 2.28. The Hall–Kier alpha value is -0.770. The summed E-state index contributed by atoms with van der Waals surface area (Å²) in [5.41, 5.74) is 2.01. The first-order chi connectivity index (χ1) is 8.75. The lowest BCUT2D eigenvalue weighted by Gasteiger charge is -2.28. The smallest absolute Gasteiger partial charge is 0.128 e. The number of piperidine rings is 1. The lowest BCUT2D eigenvalue weighted by Crippen LogP contribution is -2.31. The number of aliphatic hydroxyl groups is 1. The Kier molecular flexibility index (Phi) is 3.46. The molecule has 1 saturated heterocycles. The van der Waals surface area contributed by atoms with Crippen molar-refractivity contribution < 1.29 is 9.84 Å². The molecule has 18 heavy (non-hydrogen) atoms. The van der Waals surface area contributed by atoms with E-state index < -0.39 is 6.10 Å². The van der Waals surface area contributed by atoms with Gasteiger partial charge in [0.1, 0.15) is 5.75 Å². The van der Waals surface area contributed by atoms with Gasteiger partial charge in [-0.3, -0.25) is 0 Å². The summed E-state index contributed by atoms with van der Waals surface area (Å²) < 4.78 is 5.66. The van der Waals surface area contributed by atoms with Crippen molar-refractivity contribution in [2.45, 2.75) is 25.4 Å². The quantitative estimate of drug-likeness (QED) is 0.864. The number of hydrogen-bond acceptors (Lipinski definition) is 3. The second-order valence-electron chi connectivity index (χ2n) is 5.11. The van der Waals surface area contributed by atoms with E-state index in [1.807, 2.05) is 12.1 Å². The third-order valence-corrected chi connectivity index (χ3v) is 4.14. The molecule has 3 nitrogen and oxygen atoms in total. The molecule has 0 aliphatic carbocycles. The minimum absolute atomic E-state index is 0.304. The summed E-state index contributed by atoms with van der Waals surface area (Å²) in [4.78, 5) is 0. The molecule has 0 radical (unpaired) electrons. The fourth-order valence-corrected chi connectivity index (χ4v) is 3.18. The molecule has 1 atom stereocenters. The van der Waals surface area contributed by atoms with E-state index in [2.05, 4.69) is 5.32 Å². The molecular weight excluding hydrogens is 250 g/mol. The van der Waals surface area contributed by atoms with Gasteiger partial charge in [-0.05, 0) is 49.5 Å². The maximum atomic E-state index is 10.6. The van der Waals surface area contributed by atoms with Gasteiger partial charge in [0, 0.05) is 17.0 Å². The fourth-order valence-electron chi connectivity index (χ4n) is 2.93. The van der Waals surface area contributed by atoms with Crippen molar-refractivity contribution in [1.29, 1.82) is 0 Å². The molecule has 1 aromatic rings. The summed E-state index contributed by atoms with van der Waals surface area (Å²) in [5.74, 6) is 1.17. The third-order valence-electron chi connectivity index (χ3n) is 3.93. The average Bonchev–Trinajstić information content (AvgIpc) is 2.86. The van der Waals surface area contributed by atoms with Crippen molar-refractivity contribution in [3.63, 3.8) is 0 Å². The van der Waals surface area contributed by atoms with Gasteiger partial charge in [-0.25, -0.2) is 0 Å². The molecule has 1 fully saturated rings. The number of aliphatic hydroxyl groups excluding tert-OH is 1. The average molecular weight is 268 g/mol. The van der Waals surface area contributed by atoms with Gasteiger partial charge in [0.25, 0.3) is 0 Å². The molecule has 0 amide bonds. The number of nitrogens with one attached hydrogen (secondary N) is 1. The second-order valence-corrected chi connectivity index (χ2v) is 5.55. The van der Waals surface area contributed by atoms with Crippen LogP contribution in [-0.2, 0) is 6.42 Å². The summed E-state index contributed by atoms with van der Waals surface area (Å²) in [7, 11) is 0. The van der Waals surface area contributed by atoms with Crippen LogP contribution in [0.5, 0.6) is 5.75 Å². The Morgan fingerprint density at radius 1 is 1.33 bits per heavy atom. The molecule has 2 N–H and O–H groups in total. The lowest BCUT2D eigenvalue weighted by molar-refractivity contribution is 0.0864. The van der Waals surface area contributed by atoms with Crippen molar-refractivity contribution in [1.82, 2.24) is 5.32 Å². The Morgan fingerprint density at radius 3 is 2.89 bits per heavy atom. The van der Waals surface area contributed by atoms with Crippen LogP contribution in [-0.4, -0.2) is 24.8 Å². The molecule has 0 spiro atoms. The van der Waals surface area contributed by atoms with E-state index in [0.29, 0.717) is 17.5 Å². The standard InChI is InChI=1S/C14H18ClNO2/c15-11-7-10-3-6-18-14(10)12(8-11)13(17)9-1-4-16-5-2-9/h7-9,13,16-17H,1-6H2. The minimum Gasteiger partial charge on any atom is -0.493 e. The fraction of sp³-hybridized carbons (Fsp3) is 0.571. The van der Waals surface area contributed by atoms with Crippen LogP contribution in [0.3, 0.4) is 0 Å². The number of rotatable bonds is 2. The Bertz CT molecular complexity index is 444. The summed E-state index contributed by atoms with van der Waals surface area (Å²) >= 11 is 6.13. The van der Waals surface area contributed by atoms with Crippen LogP contribution in [0, 0.1) is 5.92 Å². The van der Waals surface area contributed by atoms with E-state index in [0.717, 1.165) is 49.2 Å².